The number of para-hydroxylation sites is 1. The summed E-state index contributed by atoms with van der Waals surface area (Å²) in [7, 11) is 1.51. The van der Waals surface area contributed by atoms with Gasteiger partial charge in [-0.1, -0.05) is 47.2 Å². The number of fused-ring (bicyclic) bond motifs is 1. The lowest BCUT2D eigenvalue weighted by molar-refractivity contribution is -0.133. The number of halogens is 2. The number of aliphatic hydroxyl groups excluding tert-OH is 2. The van der Waals surface area contributed by atoms with E-state index in [0.29, 0.717) is 10.7 Å². The smallest absolute Gasteiger partial charge is 0.413 e. The molecule has 3 aromatic rings. The van der Waals surface area contributed by atoms with E-state index in [9.17, 15) is 24.2 Å². The number of carbonyl (C=O) groups is 2. The molecule has 0 aliphatic carbocycles. The number of anilines is 1. The number of nitrogens with one attached hydrogen (secondary N) is 1. The van der Waals surface area contributed by atoms with Crippen LogP contribution >= 0.6 is 22.9 Å². The van der Waals surface area contributed by atoms with Crippen LogP contribution in [0, 0.1) is 5.82 Å². The molecule has 0 unspecified atom stereocenters. The summed E-state index contributed by atoms with van der Waals surface area (Å²) in [5.74, 6) is -0.873. The molecule has 0 saturated heterocycles. The number of ether oxygens (including phenoxy) is 1. The first-order valence-electron chi connectivity index (χ1n) is 10.5. The van der Waals surface area contributed by atoms with Crippen molar-refractivity contribution >= 4 is 50.3 Å². The van der Waals surface area contributed by atoms with Crippen LogP contribution in [0.4, 0.5) is 14.3 Å². The van der Waals surface area contributed by atoms with Crippen molar-refractivity contribution in [3.05, 3.63) is 58.9 Å². The summed E-state index contributed by atoms with van der Waals surface area (Å²) in [5, 5.41) is 22.0. The van der Waals surface area contributed by atoms with Crippen LogP contribution in [0.25, 0.3) is 10.2 Å². The van der Waals surface area contributed by atoms with Gasteiger partial charge < -0.3 is 19.8 Å². The number of benzene rings is 2. The molecule has 3 N–H and O–H groups in total. The van der Waals surface area contributed by atoms with Crippen LogP contribution in [0.3, 0.4) is 0 Å². The van der Waals surface area contributed by atoms with E-state index in [1.807, 2.05) is 24.3 Å². The maximum atomic E-state index is 13.6. The van der Waals surface area contributed by atoms with Gasteiger partial charge in [0.25, 0.3) is 0 Å². The second-order valence-electron chi connectivity index (χ2n) is 7.65. The highest BCUT2D eigenvalue weighted by Gasteiger charge is 2.25. The number of amides is 2. The second kappa shape index (κ2) is 12.1. The Balaban J connectivity index is 1.58. The molecule has 0 fully saturated rings. The van der Waals surface area contributed by atoms with Gasteiger partial charge in [0.05, 0.1) is 34.0 Å². The Morgan fingerprint density at radius 2 is 2.03 bits per heavy atom. The summed E-state index contributed by atoms with van der Waals surface area (Å²) < 4.78 is 19.8. The molecule has 34 heavy (non-hydrogen) atoms. The molecule has 2 atom stereocenters. The van der Waals surface area contributed by atoms with Crippen molar-refractivity contribution in [2.45, 2.75) is 31.4 Å². The molecule has 8 nitrogen and oxygen atoms in total. The van der Waals surface area contributed by atoms with Crippen LogP contribution in [0.5, 0.6) is 0 Å². The van der Waals surface area contributed by atoms with Crippen molar-refractivity contribution in [3.63, 3.8) is 0 Å². The Labute approximate surface area is 204 Å². The lowest BCUT2D eigenvalue weighted by atomic mass is 10.1. The van der Waals surface area contributed by atoms with E-state index in [1.54, 1.807) is 6.07 Å². The summed E-state index contributed by atoms with van der Waals surface area (Å²) in [5.41, 5.74) is 1.25. The van der Waals surface area contributed by atoms with Gasteiger partial charge in [0.1, 0.15) is 12.4 Å². The average Bonchev–Trinajstić information content (AvgIpc) is 3.23. The number of nitrogens with zero attached hydrogens (tertiary/aromatic N) is 2. The number of aryl methyl sites for hydroxylation is 1. The van der Waals surface area contributed by atoms with Gasteiger partial charge >= 0.3 is 6.09 Å². The van der Waals surface area contributed by atoms with Crippen LogP contribution in [0.2, 0.25) is 5.02 Å². The standard InChI is InChI=1S/C23H25ClFN3O5S/c1-28(20(31)10-9-14-5-4-6-17(25)21(14)24)15(11-16(30)12-29)13-33-23(32)27-22-26-18-7-2-3-8-19(18)34-22/h2-8,15-16,29-30H,9-13H2,1H3,(H,26,27,32)/t15-,16+/m0/s1. The third-order valence-electron chi connectivity index (χ3n) is 5.25. The number of aliphatic hydroxyl groups is 2. The van der Waals surface area contributed by atoms with Crippen LogP contribution in [0.15, 0.2) is 42.5 Å². The zero-order valence-electron chi connectivity index (χ0n) is 18.4. The topological polar surface area (TPSA) is 112 Å². The predicted octanol–water partition coefficient (Wildman–Crippen LogP) is 3.84. The number of hydrogen-bond donors (Lipinski definition) is 3. The van der Waals surface area contributed by atoms with Crippen molar-refractivity contribution in [2.75, 3.05) is 25.6 Å². The number of carbonyl (C=O) groups excluding carboxylic acids is 2. The highest BCUT2D eigenvalue weighted by molar-refractivity contribution is 7.22. The van der Waals surface area contributed by atoms with Gasteiger partial charge in [0.2, 0.25) is 5.91 Å². The molecular weight excluding hydrogens is 485 g/mol. The van der Waals surface area contributed by atoms with Gasteiger partial charge in [0.15, 0.2) is 5.13 Å². The molecule has 3 rings (SSSR count). The number of likely N-dealkylation sites (N-methyl/N-ethyl adjacent to an activating group) is 1. The minimum Gasteiger partial charge on any atom is -0.447 e. The van der Waals surface area contributed by atoms with E-state index in [1.165, 1.54) is 35.4 Å². The molecule has 182 valence electrons. The van der Waals surface area contributed by atoms with Gasteiger partial charge in [0, 0.05) is 13.5 Å². The molecular formula is C23H25ClFN3O5S. The summed E-state index contributed by atoms with van der Waals surface area (Å²) in [4.78, 5) is 30.7. The van der Waals surface area contributed by atoms with Crippen LogP contribution < -0.4 is 5.32 Å². The van der Waals surface area contributed by atoms with Crippen molar-refractivity contribution < 1.29 is 28.9 Å². The van der Waals surface area contributed by atoms with Gasteiger partial charge in [-0.3, -0.25) is 10.1 Å². The molecule has 11 heteroatoms. The van der Waals surface area contributed by atoms with E-state index in [4.69, 9.17) is 16.3 Å². The van der Waals surface area contributed by atoms with Crippen molar-refractivity contribution in [3.8, 4) is 0 Å². The monoisotopic (exact) mass is 509 g/mol. The summed E-state index contributed by atoms with van der Waals surface area (Å²) in [6, 6.07) is 11.1. The maximum absolute atomic E-state index is 13.6. The fourth-order valence-corrected chi connectivity index (χ4v) is 4.38. The summed E-state index contributed by atoms with van der Waals surface area (Å²) in [6.45, 7) is -0.716. The average molecular weight is 510 g/mol. The number of hydrogen-bond acceptors (Lipinski definition) is 7. The van der Waals surface area contributed by atoms with Gasteiger partial charge in [-0.15, -0.1) is 0 Å². The molecule has 2 amide bonds. The molecule has 0 aliphatic heterocycles. The zero-order chi connectivity index (χ0) is 24.7. The molecule has 2 aromatic carbocycles. The second-order valence-corrected chi connectivity index (χ2v) is 9.06. The van der Waals surface area contributed by atoms with Crippen molar-refractivity contribution in [1.29, 1.82) is 0 Å². The van der Waals surface area contributed by atoms with Crippen LogP contribution in [-0.2, 0) is 16.0 Å². The molecule has 1 aromatic heterocycles. The third kappa shape index (κ3) is 6.86. The lowest BCUT2D eigenvalue weighted by Crippen LogP contribution is -2.43. The van der Waals surface area contributed by atoms with Gasteiger partial charge in [-0.05, 0) is 36.6 Å². The summed E-state index contributed by atoms with van der Waals surface area (Å²) >= 11 is 7.25. The first-order chi connectivity index (χ1) is 16.3. The van der Waals surface area contributed by atoms with Crippen molar-refractivity contribution in [2.24, 2.45) is 0 Å². The molecule has 0 radical (unpaired) electrons. The van der Waals surface area contributed by atoms with E-state index in [-0.39, 0.29) is 36.8 Å². The van der Waals surface area contributed by atoms with E-state index in [2.05, 4.69) is 10.3 Å². The largest absolute Gasteiger partial charge is 0.447 e. The molecule has 0 aliphatic rings. The fraction of sp³-hybridized carbons (Fsp3) is 0.348. The Bertz CT molecular complexity index is 1110. The number of rotatable bonds is 10. The highest BCUT2D eigenvalue weighted by Crippen LogP contribution is 2.25. The van der Waals surface area contributed by atoms with Gasteiger partial charge in [-0.25, -0.2) is 14.2 Å². The minimum atomic E-state index is -1.10. The van der Waals surface area contributed by atoms with Crippen LogP contribution in [0.1, 0.15) is 18.4 Å². The van der Waals surface area contributed by atoms with Gasteiger partial charge in [-0.2, -0.15) is 0 Å². The van der Waals surface area contributed by atoms with E-state index in [0.717, 1.165) is 10.2 Å². The highest BCUT2D eigenvalue weighted by atomic mass is 35.5. The summed E-state index contributed by atoms with van der Waals surface area (Å²) in [6.07, 6.45) is -1.62. The lowest BCUT2D eigenvalue weighted by Gasteiger charge is -2.29. The SMILES string of the molecule is CN(C(=O)CCc1cccc(F)c1Cl)[C@H](COC(=O)Nc1nc2ccccc2s1)C[C@@H](O)CO. The Morgan fingerprint density at radius 3 is 2.76 bits per heavy atom. The predicted molar refractivity (Wildman–Crippen MR) is 129 cm³/mol. The first-order valence-corrected chi connectivity index (χ1v) is 11.7. The number of aromatic nitrogens is 1. The van der Waals surface area contributed by atoms with Crippen LogP contribution in [-0.4, -0.2) is 64.5 Å². The quantitative estimate of drug-likeness (QED) is 0.383. The fourth-order valence-electron chi connectivity index (χ4n) is 3.31. The Morgan fingerprint density at radius 1 is 1.26 bits per heavy atom. The third-order valence-corrected chi connectivity index (χ3v) is 6.62. The number of thiazole rings is 1. The zero-order valence-corrected chi connectivity index (χ0v) is 20.0. The molecule has 0 bridgehead atoms. The normalized spacial score (nSPS) is 12.9. The minimum absolute atomic E-state index is 0.00607. The maximum Gasteiger partial charge on any atom is 0.413 e. The molecule has 0 saturated carbocycles. The molecule has 1 heterocycles. The van der Waals surface area contributed by atoms with Crippen molar-refractivity contribution in [1.82, 2.24) is 9.88 Å². The Hall–Kier alpha value is -2.79. The Kier molecular flexibility index (Phi) is 9.17. The first kappa shape index (κ1) is 25.8. The molecule has 0 spiro atoms. The van der Waals surface area contributed by atoms with E-state index >= 15 is 0 Å². The van der Waals surface area contributed by atoms with E-state index < -0.39 is 30.7 Å².